The summed E-state index contributed by atoms with van der Waals surface area (Å²) in [6.45, 7) is 8.49. The van der Waals surface area contributed by atoms with Crippen molar-refractivity contribution in [3.05, 3.63) is 136 Å². The first-order valence-corrected chi connectivity index (χ1v) is 10.9. The van der Waals surface area contributed by atoms with Crippen molar-refractivity contribution in [2.24, 2.45) is 0 Å². The molecule has 142 valence electrons. The summed E-state index contributed by atoms with van der Waals surface area (Å²) >= 11 is 3.84. The molecule has 0 radical (unpaired) electrons. The maximum absolute atomic E-state index is 4.27. The lowest BCUT2D eigenvalue weighted by Crippen LogP contribution is -2.26. The number of hydrogen-bond donors (Lipinski definition) is 0. The van der Waals surface area contributed by atoms with Crippen LogP contribution < -0.4 is 0 Å². The zero-order valence-electron chi connectivity index (χ0n) is 16.5. The summed E-state index contributed by atoms with van der Waals surface area (Å²) in [5, 5.41) is 2.51. The van der Waals surface area contributed by atoms with Crippen LogP contribution in [0.15, 0.2) is 114 Å². The van der Waals surface area contributed by atoms with E-state index in [9.17, 15) is 0 Å². The molecule has 0 N–H and O–H groups in total. The lowest BCUT2D eigenvalue weighted by atomic mass is 9.69. The van der Waals surface area contributed by atoms with Crippen LogP contribution in [0.2, 0.25) is 0 Å². The average Bonchev–Trinajstić information content (AvgIpc) is 3.26. The third-order valence-corrected chi connectivity index (χ3v) is 7.38. The van der Waals surface area contributed by atoms with Gasteiger partial charge in [0.15, 0.2) is 0 Å². The fourth-order valence-electron chi connectivity index (χ4n) is 5.69. The first-order valence-electron chi connectivity index (χ1n) is 10.1. The maximum atomic E-state index is 4.27. The van der Waals surface area contributed by atoms with Crippen molar-refractivity contribution in [2.75, 3.05) is 0 Å². The molecule has 0 aliphatic heterocycles. The summed E-state index contributed by atoms with van der Waals surface area (Å²) in [7, 11) is 0. The van der Waals surface area contributed by atoms with Gasteiger partial charge in [-0.05, 0) is 55.8 Å². The largest absolute Gasteiger partial charge is 0.0987 e. The Morgan fingerprint density at radius 2 is 1.40 bits per heavy atom. The first-order chi connectivity index (χ1) is 14.7. The molecule has 0 nitrogen and oxygen atoms in total. The summed E-state index contributed by atoms with van der Waals surface area (Å²) in [5.41, 5.74) is 9.79. The van der Waals surface area contributed by atoms with E-state index in [0.717, 1.165) is 4.47 Å². The summed E-state index contributed by atoms with van der Waals surface area (Å²) in [4.78, 5) is 0. The zero-order valence-corrected chi connectivity index (χ0v) is 18.0. The Morgan fingerprint density at radius 1 is 0.667 bits per heavy atom. The molecule has 1 atom stereocenters. The van der Waals surface area contributed by atoms with Gasteiger partial charge in [-0.1, -0.05) is 114 Å². The van der Waals surface area contributed by atoms with Gasteiger partial charge in [0.1, 0.15) is 0 Å². The Labute approximate surface area is 185 Å². The Hall–Kier alpha value is -3.16. The van der Waals surface area contributed by atoms with E-state index in [0.29, 0.717) is 0 Å². The number of allylic oxidation sites excluding steroid dienone is 4. The summed E-state index contributed by atoms with van der Waals surface area (Å²) in [6, 6.07) is 28.5. The standard InChI is InChI=1S/C29H19Br/c1-3-19-22(4-2)29(25-17-16-18-10-5-6-11-20(18)27(19)25)23-13-8-7-12-21(23)28-24(29)14-9-15-26(28)30/h3-17H,1-2H2. The second kappa shape index (κ2) is 6.17. The molecule has 0 saturated carbocycles. The van der Waals surface area contributed by atoms with Crippen LogP contribution >= 0.6 is 15.9 Å². The van der Waals surface area contributed by atoms with E-state index in [4.69, 9.17) is 0 Å². The van der Waals surface area contributed by atoms with Crippen LogP contribution in [-0.2, 0) is 5.41 Å². The molecular formula is C29H19Br. The lowest BCUT2D eigenvalue weighted by molar-refractivity contribution is 0.787. The molecule has 4 aromatic carbocycles. The fourth-order valence-corrected chi connectivity index (χ4v) is 6.27. The second-order valence-electron chi connectivity index (χ2n) is 7.90. The minimum atomic E-state index is -0.375. The van der Waals surface area contributed by atoms with Crippen LogP contribution in [0.4, 0.5) is 0 Å². The van der Waals surface area contributed by atoms with Gasteiger partial charge in [0.2, 0.25) is 0 Å². The minimum absolute atomic E-state index is 0.375. The van der Waals surface area contributed by atoms with Crippen LogP contribution in [0, 0.1) is 0 Å². The van der Waals surface area contributed by atoms with Crippen molar-refractivity contribution >= 4 is 32.3 Å². The van der Waals surface area contributed by atoms with Crippen LogP contribution in [0.5, 0.6) is 0 Å². The van der Waals surface area contributed by atoms with E-state index in [2.05, 4.69) is 108 Å². The van der Waals surface area contributed by atoms with Crippen molar-refractivity contribution < 1.29 is 0 Å². The number of hydrogen-bond acceptors (Lipinski definition) is 0. The molecule has 2 aliphatic carbocycles. The number of halogens is 1. The van der Waals surface area contributed by atoms with Crippen molar-refractivity contribution in [3.63, 3.8) is 0 Å². The van der Waals surface area contributed by atoms with Gasteiger partial charge in [0.05, 0.1) is 5.41 Å². The molecule has 0 saturated heterocycles. The van der Waals surface area contributed by atoms with E-state index in [1.165, 1.54) is 55.3 Å². The van der Waals surface area contributed by atoms with E-state index < -0.39 is 0 Å². The van der Waals surface area contributed by atoms with Crippen LogP contribution in [0.25, 0.3) is 27.5 Å². The molecule has 1 heteroatoms. The Morgan fingerprint density at radius 3 is 2.23 bits per heavy atom. The highest BCUT2D eigenvalue weighted by Gasteiger charge is 2.52. The highest BCUT2D eigenvalue weighted by Crippen LogP contribution is 2.63. The Kier molecular flexibility index (Phi) is 3.63. The van der Waals surface area contributed by atoms with Crippen LogP contribution in [0.3, 0.4) is 0 Å². The molecule has 30 heavy (non-hydrogen) atoms. The number of fused-ring (bicyclic) bond motifs is 9. The third-order valence-electron chi connectivity index (χ3n) is 6.72. The van der Waals surface area contributed by atoms with Gasteiger partial charge in [-0.15, -0.1) is 0 Å². The van der Waals surface area contributed by atoms with Crippen LogP contribution in [0.1, 0.15) is 22.3 Å². The molecule has 0 heterocycles. The maximum Gasteiger partial charge on any atom is 0.0725 e. The first kappa shape index (κ1) is 17.7. The molecule has 1 unspecified atom stereocenters. The molecule has 0 amide bonds. The third kappa shape index (κ3) is 1.92. The van der Waals surface area contributed by atoms with Crippen molar-refractivity contribution in [1.82, 2.24) is 0 Å². The minimum Gasteiger partial charge on any atom is -0.0987 e. The van der Waals surface area contributed by atoms with Gasteiger partial charge in [0.25, 0.3) is 0 Å². The molecule has 6 rings (SSSR count). The molecular weight excluding hydrogens is 428 g/mol. The quantitative estimate of drug-likeness (QED) is 0.292. The second-order valence-corrected chi connectivity index (χ2v) is 8.76. The highest BCUT2D eigenvalue weighted by atomic mass is 79.9. The van der Waals surface area contributed by atoms with E-state index >= 15 is 0 Å². The molecule has 0 fully saturated rings. The zero-order chi connectivity index (χ0) is 20.5. The summed E-state index contributed by atoms with van der Waals surface area (Å²) < 4.78 is 1.13. The molecule has 1 spiro atoms. The normalized spacial score (nSPS) is 18.4. The molecule has 2 aliphatic rings. The van der Waals surface area contributed by atoms with E-state index in [1.54, 1.807) is 0 Å². The topological polar surface area (TPSA) is 0 Å². The van der Waals surface area contributed by atoms with Crippen molar-refractivity contribution in [2.45, 2.75) is 5.41 Å². The predicted molar refractivity (Wildman–Crippen MR) is 131 cm³/mol. The van der Waals surface area contributed by atoms with E-state index in [1.807, 2.05) is 12.2 Å². The number of benzene rings is 4. The van der Waals surface area contributed by atoms with Gasteiger partial charge in [0, 0.05) is 10.0 Å². The van der Waals surface area contributed by atoms with E-state index in [-0.39, 0.29) is 5.41 Å². The Balaban J connectivity index is 1.89. The molecule has 0 bridgehead atoms. The van der Waals surface area contributed by atoms with Gasteiger partial charge < -0.3 is 0 Å². The van der Waals surface area contributed by atoms with Crippen molar-refractivity contribution in [1.29, 1.82) is 0 Å². The molecule has 0 aromatic heterocycles. The highest BCUT2D eigenvalue weighted by molar-refractivity contribution is 9.10. The van der Waals surface area contributed by atoms with Gasteiger partial charge in [-0.3, -0.25) is 0 Å². The lowest BCUT2D eigenvalue weighted by Gasteiger charge is -2.31. The van der Waals surface area contributed by atoms with Gasteiger partial charge in [-0.25, -0.2) is 0 Å². The van der Waals surface area contributed by atoms with Crippen LogP contribution in [-0.4, -0.2) is 0 Å². The SMILES string of the molecule is C=CC1=C(C=C)C2(c3ccccc3-c3c(Br)cccc32)c2ccc3ccccc3c21. The average molecular weight is 447 g/mol. The predicted octanol–water partition coefficient (Wildman–Crippen LogP) is 8.06. The fraction of sp³-hybridized carbons (Fsp3) is 0.0345. The van der Waals surface area contributed by atoms with Gasteiger partial charge >= 0.3 is 0 Å². The smallest absolute Gasteiger partial charge is 0.0725 e. The summed E-state index contributed by atoms with van der Waals surface area (Å²) in [5.74, 6) is 0. The molecule has 4 aromatic rings. The number of rotatable bonds is 2. The summed E-state index contributed by atoms with van der Waals surface area (Å²) in [6.07, 6.45) is 4.05. The van der Waals surface area contributed by atoms with Gasteiger partial charge in [-0.2, -0.15) is 0 Å². The van der Waals surface area contributed by atoms with Crippen molar-refractivity contribution in [3.8, 4) is 11.1 Å². The monoisotopic (exact) mass is 446 g/mol. The Bertz CT molecular complexity index is 1440.